The molecule has 364 valence electrons. The Balaban J connectivity index is 4.74. The lowest BCUT2D eigenvalue weighted by atomic mass is 10.1. The largest absolute Gasteiger partial charge is 0.472 e. The van der Waals surface area contributed by atoms with Crippen molar-refractivity contribution in [2.75, 3.05) is 26.4 Å². The molecule has 0 amide bonds. The number of phosphoric ester groups is 2. The van der Waals surface area contributed by atoms with E-state index in [1.165, 1.54) is 19.3 Å². The third-order valence-corrected chi connectivity index (χ3v) is 10.7. The third kappa shape index (κ3) is 44.5. The number of phosphoric acid groups is 2. The van der Waals surface area contributed by atoms with Gasteiger partial charge in [0.05, 0.1) is 32.0 Å². The molecule has 0 aliphatic heterocycles. The van der Waals surface area contributed by atoms with Gasteiger partial charge >= 0.3 is 27.6 Å². The van der Waals surface area contributed by atoms with Gasteiger partial charge in [0.1, 0.15) is 12.7 Å². The number of esters is 2. The molecule has 0 bridgehead atoms. The maximum atomic E-state index is 12.7. The van der Waals surface area contributed by atoms with Gasteiger partial charge in [0.2, 0.25) is 0 Å². The predicted molar refractivity (Wildman–Crippen MR) is 246 cm³/mol. The van der Waals surface area contributed by atoms with Crippen LogP contribution in [0.15, 0.2) is 72.9 Å². The van der Waals surface area contributed by atoms with E-state index in [0.717, 1.165) is 83.5 Å². The standard InChI is InChI=1S/C46H80O15P2/c1-3-5-7-8-9-10-11-12-13-14-15-16-17-18-22-25-29-35-45(50)57-39-44(40-60-63(55,56)59-38-43(49)37-58-62(52,53)54)61-46(51)36-30-34-42(48)33-28-24-21-19-20-23-27-32-41(47)31-26-6-4-2/h9-10,12-13,20-21,23-24,27-28,32-33,41-44,47-49H,3-8,11,14-19,22,25-26,29-31,34-40H2,1-2H3,(H,55,56)(H2,52,53,54)/b10-9-,13-12-,23-20-,24-21-,32-27+,33-28+/t41-,42-,43+,44-/m1/s1. The van der Waals surface area contributed by atoms with Crippen molar-refractivity contribution in [1.29, 1.82) is 0 Å². The summed E-state index contributed by atoms with van der Waals surface area (Å²) < 4.78 is 47.6. The van der Waals surface area contributed by atoms with E-state index in [9.17, 15) is 38.9 Å². The van der Waals surface area contributed by atoms with Crippen LogP contribution in [0, 0.1) is 0 Å². The van der Waals surface area contributed by atoms with Gasteiger partial charge in [-0.25, -0.2) is 9.13 Å². The lowest BCUT2D eigenvalue weighted by Crippen LogP contribution is -2.30. The van der Waals surface area contributed by atoms with Crippen LogP contribution in [0.5, 0.6) is 0 Å². The molecular weight excluding hydrogens is 854 g/mol. The van der Waals surface area contributed by atoms with E-state index in [1.807, 2.05) is 24.3 Å². The second-order valence-electron chi connectivity index (χ2n) is 15.4. The van der Waals surface area contributed by atoms with E-state index in [0.29, 0.717) is 12.8 Å². The number of carbonyl (C=O) groups excluding carboxylic acids is 2. The maximum Gasteiger partial charge on any atom is 0.472 e. The summed E-state index contributed by atoms with van der Waals surface area (Å²) in [5, 5.41) is 30.0. The van der Waals surface area contributed by atoms with Gasteiger partial charge in [0.15, 0.2) is 6.10 Å². The molecule has 0 aliphatic rings. The molecule has 5 atom stereocenters. The Bertz CT molecular complexity index is 1420. The molecule has 15 nitrogen and oxygen atoms in total. The van der Waals surface area contributed by atoms with Crippen LogP contribution in [-0.4, -0.2) is 92.8 Å². The van der Waals surface area contributed by atoms with Crippen molar-refractivity contribution in [3.05, 3.63) is 72.9 Å². The molecule has 0 rings (SSSR count). The summed E-state index contributed by atoms with van der Waals surface area (Å²) in [4.78, 5) is 52.8. The molecule has 0 saturated heterocycles. The molecule has 1 unspecified atom stereocenters. The summed E-state index contributed by atoms with van der Waals surface area (Å²) in [6, 6.07) is 0. The first-order valence-electron chi connectivity index (χ1n) is 22.8. The number of hydrogen-bond acceptors (Lipinski definition) is 12. The molecule has 0 aliphatic carbocycles. The molecule has 0 radical (unpaired) electrons. The van der Waals surface area contributed by atoms with Crippen molar-refractivity contribution in [2.45, 2.75) is 180 Å². The number of ether oxygens (including phenoxy) is 2. The Hall–Kier alpha value is -2.52. The Labute approximate surface area is 377 Å². The van der Waals surface area contributed by atoms with Crippen LogP contribution in [0.1, 0.15) is 155 Å². The minimum atomic E-state index is -4.90. The highest BCUT2D eigenvalue weighted by molar-refractivity contribution is 7.47. The quantitative estimate of drug-likeness (QED) is 0.0110. The first-order chi connectivity index (χ1) is 30.2. The Morgan fingerprint density at radius 1 is 0.524 bits per heavy atom. The van der Waals surface area contributed by atoms with Crippen LogP contribution in [-0.2, 0) is 41.8 Å². The van der Waals surface area contributed by atoms with E-state index >= 15 is 0 Å². The normalized spacial score (nSPS) is 15.6. The highest BCUT2D eigenvalue weighted by Crippen LogP contribution is 2.43. The molecule has 0 aromatic carbocycles. The van der Waals surface area contributed by atoms with Gasteiger partial charge < -0.3 is 39.5 Å². The Morgan fingerprint density at radius 3 is 1.62 bits per heavy atom. The predicted octanol–water partition coefficient (Wildman–Crippen LogP) is 9.73. The van der Waals surface area contributed by atoms with Crippen LogP contribution >= 0.6 is 15.6 Å². The second-order valence-corrected chi connectivity index (χ2v) is 18.1. The molecule has 6 N–H and O–H groups in total. The highest BCUT2D eigenvalue weighted by atomic mass is 31.2. The van der Waals surface area contributed by atoms with Gasteiger partial charge in [-0.2, -0.15) is 0 Å². The monoisotopic (exact) mass is 934 g/mol. The lowest BCUT2D eigenvalue weighted by Gasteiger charge is -2.20. The maximum absolute atomic E-state index is 12.7. The number of hydrogen-bond donors (Lipinski definition) is 6. The smallest absolute Gasteiger partial charge is 0.462 e. The average molecular weight is 935 g/mol. The van der Waals surface area contributed by atoms with Crippen molar-refractivity contribution in [3.8, 4) is 0 Å². The summed E-state index contributed by atoms with van der Waals surface area (Å²) in [6.45, 7) is 1.36. The minimum absolute atomic E-state index is 0.122. The van der Waals surface area contributed by atoms with E-state index < -0.39 is 78.4 Å². The van der Waals surface area contributed by atoms with Crippen LogP contribution in [0.2, 0.25) is 0 Å². The van der Waals surface area contributed by atoms with E-state index in [4.69, 9.17) is 23.8 Å². The molecule has 0 saturated carbocycles. The average Bonchev–Trinajstić information content (AvgIpc) is 3.23. The van der Waals surface area contributed by atoms with E-state index in [-0.39, 0.29) is 25.7 Å². The second kappa shape index (κ2) is 40.9. The van der Waals surface area contributed by atoms with Gasteiger partial charge in [-0.15, -0.1) is 0 Å². The lowest BCUT2D eigenvalue weighted by molar-refractivity contribution is -0.161. The number of carbonyl (C=O) groups is 2. The third-order valence-electron chi connectivity index (χ3n) is 9.27. The summed E-state index contributed by atoms with van der Waals surface area (Å²) >= 11 is 0. The van der Waals surface area contributed by atoms with Gasteiger partial charge in [-0.05, 0) is 64.2 Å². The topological polar surface area (TPSA) is 236 Å². The molecule has 0 aromatic rings. The number of rotatable bonds is 42. The van der Waals surface area contributed by atoms with E-state index in [1.54, 1.807) is 24.3 Å². The van der Waals surface area contributed by atoms with Crippen LogP contribution in [0.25, 0.3) is 0 Å². The van der Waals surface area contributed by atoms with Crippen LogP contribution in [0.4, 0.5) is 0 Å². The van der Waals surface area contributed by atoms with Gasteiger partial charge in [-0.3, -0.25) is 23.2 Å². The fourth-order valence-electron chi connectivity index (χ4n) is 5.71. The van der Waals surface area contributed by atoms with Crippen molar-refractivity contribution in [1.82, 2.24) is 0 Å². The van der Waals surface area contributed by atoms with Crippen molar-refractivity contribution in [3.63, 3.8) is 0 Å². The molecule has 0 fully saturated rings. The molecule has 17 heteroatoms. The number of aliphatic hydroxyl groups is 3. The Morgan fingerprint density at radius 2 is 1.02 bits per heavy atom. The molecular formula is C46H80O15P2. The minimum Gasteiger partial charge on any atom is -0.462 e. The first-order valence-corrected chi connectivity index (χ1v) is 25.9. The SMILES string of the molecule is CCCCC/C=C\C/C=C\CCCCCCCCCC(=O)OC[C@H](COP(=O)(O)OC[C@@H](O)COP(=O)(O)O)OC(=O)CCC[C@H](O)/C=C/C=C\C/C=C\C=C\[C@H](O)CCCCC. The van der Waals surface area contributed by atoms with Gasteiger partial charge in [-0.1, -0.05) is 151 Å². The number of allylic oxidation sites excluding steroid dienone is 10. The van der Waals surface area contributed by atoms with Gasteiger partial charge in [0.25, 0.3) is 0 Å². The molecule has 0 heterocycles. The van der Waals surface area contributed by atoms with Crippen LogP contribution in [0.3, 0.4) is 0 Å². The summed E-state index contributed by atoms with van der Waals surface area (Å²) in [5.41, 5.74) is 0. The van der Waals surface area contributed by atoms with Gasteiger partial charge in [0, 0.05) is 12.8 Å². The van der Waals surface area contributed by atoms with Crippen molar-refractivity contribution >= 4 is 27.6 Å². The number of unbranched alkanes of at least 4 members (excludes halogenated alkanes) is 12. The molecule has 0 spiro atoms. The zero-order valence-electron chi connectivity index (χ0n) is 37.9. The summed E-state index contributed by atoms with van der Waals surface area (Å²) in [5.74, 6) is -1.27. The molecule has 0 aromatic heterocycles. The van der Waals surface area contributed by atoms with Crippen molar-refractivity contribution in [2.24, 2.45) is 0 Å². The first kappa shape index (κ1) is 60.5. The summed E-state index contributed by atoms with van der Waals surface area (Å²) in [7, 11) is -9.77. The highest BCUT2D eigenvalue weighted by Gasteiger charge is 2.28. The van der Waals surface area contributed by atoms with Crippen LogP contribution < -0.4 is 0 Å². The molecule has 63 heavy (non-hydrogen) atoms. The summed E-state index contributed by atoms with van der Waals surface area (Å²) in [6.07, 6.45) is 38.1. The zero-order chi connectivity index (χ0) is 46.9. The number of aliphatic hydroxyl groups excluding tert-OH is 3. The fourth-order valence-corrected chi connectivity index (χ4v) is 6.86. The van der Waals surface area contributed by atoms with Crippen molar-refractivity contribution < 1.29 is 71.8 Å². The zero-order valence-corrected chi connectivity index (χ0v) is 39.7. The Kier molecular flexibility index (Phi) is 39.3. The van der Waals surface area contributed by atoms with E-state index in [2.05, 4.69) is 47.2 Å². The fraction of sp³-hybridized carbons (Fsp3) is 0.696.